The molecule has 2 aromatic carbocycles. The number of hydrogen-bond donors (Lipinski definition) is 1. The molecule has 0 spiro atoms. The van der Waals surface area contributed by atoms with Crippen LogP contribution in [0.1, 0.15) is 60.9 Å². The minimum atomic E-state index is -0.272. The van der Waals surface area contributed by atoms with Gasteiger partial charge in [-0.1, -0.05) is 12.8 Å². The van der Waals surface area contributed by atoms with Crippen LogP contribution in [0.25, 0.3) is 11.0 Å². The molecule has 1 aliphatic carbocycles. The molecule has 1 N–H and O–H groups in total. The number of likely N-dealkylation sites (tertiary alicyclic amines) is 1. The minimum Gasteiger partial charge on any atom is -0.315 e. The van der Waals surface area contributed by atoms with Crippen LogP contribution in [0.5, 0.6) is 0 Å². The van der Waals surface area contributed by atoms with Gasteiger partial charge in [0.15, 0.2) is 0 Å². The maximum Gasteiger partial charge on any atom is 0.257 e. The van der Waals surface area contributed by atoms with Crippen LogP contribution in [0.4, 0.5) is 11.6 Å². The third-order valence-electron chi connectivity index (χ3n) is 7.77. The Morgan fingerprint density at radius 1 is 1.05 bits per heavy atom. The monoisotopic (exact) mass is 498 g/mol. The maximum atomic E-state index is 13.0. The van der Waals surface area contributed by atoms with Gasteiger partial charge in [0.05, 0.1) is 22.7 Å². The molecule has 2 fully saturated rings. The molecule has 0 bridgehead atoms. The summed E-state index contributed by atoms with van der Waals surface area (Å²) in [5, 5.41) is 12.0. The lowest BCUT2D eigenvalue weighted by atomic mass is 10.0. The normalized spacial score (nSPS) is 16.2. The molecule has 1 aliphatic heterocycles. The number of nitriles is 1. The molecule has 37 heavy (non-hydrogen) atoms. The molecule has 8 heteroatoms. The first-order valence-corrected chi connectivity index (χ1v) is 13.3. The van der Waals surface area contributed by atoms with E-state index in [-0.39, 0.29) is 11.8 Å². The summed E-state index contributed by atoms with van der Waals surface area (Å²) in [6.45, 7) is 3.78. The highest BCUT2D eigenvalue weighted by Gasteiger charge is 2.22. The van der Waals surface area contributed by atoms with Gasteiger partial charge in [-0.05, 0) is 87.2 Å². The van der Waals surface area contributed by atoms with Crippen LogP contribution in [0, 0.1) is 17.2 Å². The van der Waals surface area contributed by atoms with Gasteiger partial charge in [0.2, 0.25) is 11.9 Å². The zero-order chi connectivity index (χ0) is 25.8. The Hall–Kier alpha value is -3.70. The van der Waals surface area contributed by atoms with E-state index in [1.54, 1.807) is 29.2 Å². The van der Waals surface area contributed by atoms with E-state index < -0.39 is 0 Å². The van der Waals surface area contributed by atoms with Crippen molar-refractivity contribution in [3.05, 3.63) is 53.6 Å². The van der Waals surface area contributed by atoms with Crippen LogP contribution >= 0.6 is 0 Å². The zero-order valence-electron chi connectivity index (χ0n) is 21.4. The Balaban J connectivity index is 1.40. The van der Waals surface area contributed by atoms with Crippen molar-refractivity contribution < 1.29 is 9.59 Å². The summed E-state index contributed by atoms with van der Waals surface area (Å²) in [7, 11) is 1.83. The number of benzene rings is 2. The molecule has 0 unspecified atom stereocenters. The summed E-state index contributed by atoms with van der Waals surface area (Å²) in [6, 6.07) is 14.5. The summed E-state index contributed by atoms with van der Waals surface area (Å²) >= 11 is 0. The van der Waals surface area contributed by atoms with Crippen molar-refractivity contribution in [3.8, 4) is 6.07 Å². The fourth-order valence-corrected chi connectivity index (χ4v) is 5.51. The second-order valence-electron chi connectivity index (χ2n) is 10.3. The number of anilines is 2. The summed E-state index contributed by atoms with van der Waals surface area (Å²) in [4.78, 5) is 34.9. The molecule has 2 amide bonds. The number of amides is 2. The van der Waals surface area contributed by atoms with Crippen molar-refractivity contribution in [1.82, 2.24) is 14.5 Å². The smallest absolute Gasteiger partial charge is 0.257 e. The Labute approximate surface area is 217 Å². The zero-order valence-corrected chi connectivity index (χ0v) is 21.4. The fourth-order valence-electron chi connectivity index (χ4n) is 5.51. The first-order valence-electron chi connectivity index (χ1n) is 13.3. The highest BCUT2D eigenvalue weighted by molar-refractivity contribution is 6.04. The number of imidazole rings is 1. The third-order valence-corrected chi connectivity index (χ3v) is 7.77. The SMILES string of the molecule is CN(C(=O)CC1CCCC1)c1ccc2c(c1)nc(NC(=O)c1ccc(C#N)cc1)n2CCN1CCCC1. The number of aromatic nitrogens is 2. The molecule has 0 radical (unpaired) electrons. The highest BCUT2D eigenvalue weighted by Crippen LogP contribution is 2.30. The molecule has 192 valence electrons. The van der Waals surface area contributed by atoms with E-state index in [1.165, 1.54) is 25.7 Å². The Bertz CT molecular complexity index is 1310. The minimum absolute atomic E-state index is 0.133. The van der Waals surface area contributed by atoms with E-state index in [0.29, 0.717) is 36.0 Å². The topological polar surface area (TPSA) is 94.3 Å². The van der Waals surface area contributed by atoms with Crippen LogP contribution in [0.3, 0.4) is 0 Å². The lowest BCUT2D eigenvalue weighted by molar-refractivity contribution is -0.119. The van der Waals surface area contributed by atoms with Gasteiger partial charge in [-0.3, -0.25) is 14.9 Å². The summed E-state index contributed by atoms with van der Waals surface area (Å²) < 4.78 is 2.05. The first-order chi connectivity index (χ1) is 18.0. The lowest BCUT2D eigenvalue weighted by Crippen LogP contribution is -2.27. The molecular formula is C29H34N6O2. The van der Waals surface area contributed by atoms with Gasteiger partial charge in [0.25, 0.3) is 5.91 Å². The molecule has 2 heterocycles. The van der Waals surface area contributed by atoms with Gasteiger partial charge in [-0.15, -0.1) is 0 Å². The largest absolute Gasteiger partial charge is 0.315 e. The number of hydrogen-bond acceptors (Lipinski definition) is 5. The molecule has 0 atom stereocenters. The van der Waals surface area contributed by atoms with Crippen LogP contribution in [-0.2, 0) is 11.3 Å². The number of carbonyl (C=O) groups is 2. The second-order valence-corrected chi connectivity index (χ2v) is 10.3. The predicted molar refractivity (Wildman–Crippen MR) is 145 cm³/mol. The summed E-state index contributed by atoms with van der Waals surface area (Å²) in [5.74, 6) is 0.841. The molecule has 8 nitrogen and oxygen atoms in total. The van der Waals surface area contributed by atoms with E-state index in [4.69, 9.17) is 10.2 Å². The second kappa shape index (κ2) is 11.1. The van der Waals surface area contributed by atoms with Crippen LogP contribution in [-0.4, -0.2) is 52.9 Å². The van der Waals surface area contributed by atoms with Crippen LogP contribution in [0.15, 0.2) is 42.5 Å². The maximum absolute atomic E-state index is 13.0. The quantitative estimate of drug-likeness (QED) is 0.482. The fraction of sp³-hybridized carbons (Fsp3) is 0.448. The summed E-state index contributed by atoms with van der Waals surface area (Å²) in [6.07, 6.45) is 7.75. The Kier molecular flexibility index (Phi) is 7.52. The Morgan fingerprint density at radius 2 is 1.78 bits per heavy atom. The van der Waals surface area contributed by atoms with Crippen molar-refractivity contribution in [2.75, 3.05) is 36.9 Å². The molecule has 1 saturated heterocycles. The average Bonchev–Trinajstić information content (AvgIpc) is 3.68. The molecular weight excluding hydrogens is 464 g/mol. The average molecular weight is 499 g/mol. The predicted octanol–water partition coefficient (Wildman–Crippen LogP) is 4.80. The highest BCUT2D eigenvalue weighted by atomic mass is 16.2. The van der Waals surface area contributed by atoms with Crippen molar-refractivity contribution >= 4 is 34.5 Å². The van der Waals surface area contributed by atoms with Crippen LogP contribution in [0.2, 0.25) is 0 Å². The standard InChI is InChI=1S/C29H34N6O2/c1-33(27(36)18-21-6-2-3-7-21)24-12-13-26-25(19-24)31-29(35(26)17-16-34-14-4-5-15-34)32-28(37)23-10-8-22(20-30)9-11-23/h8-13,19,21H,2-7,14-18H2,1H3,(H,31,32,37). The number of fused-ring (bicyclic) bond motifs is 1. The van der Waals surface area contributed by atoms with Gasteiger partial charge in [-0.25, -0.2) is 4.98 Å². The number of carbonyl (C=O) groups excluding carboxylic acids is 2. The van der Waals surface area contributed by atoms with Gasteiger partial charge >= 0.3 is 0 Å². The molecule has 1 aromatic heterocycles. The number of rotatable bonds is 8. The van der Waals surface area contributed by atoms with Crippen LogP contribution < -0.4 is 10.2 Å². The summed E-state index contributed by atoms with van der Waals surface area (Å²) in [5.41, 5.74) is 3.46. The van der Waals surface area contributed by atoms with E-state index in [9.17, 15) is 9.59 Å². The molecule has 1 saturated carbocycles. The van der Waals surface area contributed by atoms with Gasteiger partial charge in [-0.2, -0.15) is 5.26 Å². The van der Waals surface area contributed by atoms with E-state index in [1.807, 2.05) is 25.2 Å². The van der Waals surface area contributed by atoms with Crippen molar-refractivity contribution in [3.63, 3.8) is 0 Å². The third kappa shape index (κ3) is 5.67. The number of nitrogens with zero attached hydrogens (tertiary/aromatic N) is 5. The molecule has 5 rings (SSSR count). The van der Waals surface area contributed by atoms with Gasteiger partial charge in [0, 0.05) is 37.8 Å². The van der Waals surface area contributed by atoms with Gasteiger partial charge in [0.1, 0.15) is 0 Å². The van der Waals surface area contributed by atoms with Crippen molar-refractivity contribution in [1.29, 1.82) is 5.26 Å². The van der Waals surface area contributed by atoms with E-state index >= 15 is 0 Å². The van der Waals surface area contributed by atoms with Crippen molar-refractivity contribution in [2.45, 2.75) is 51.5 Å². The lowest BCUT2D eigenvalue weighted by Gasteiger charge is -2.20. The molecule has 3 aromatic rings. The van der Waals surface area contributed by atoms with E-state index in [0.717, 1.165) is 49.2 Å². The molecule has 2 aliphatic rings. The van der Waals surface area contributed by atoms with Gasteiger partial charge < -0.3 is 14.4 Å². The van der Waals surface area contributed by atoms with Crippen molar-refractivity contribution in [2.24, 2.45) is 5.92 Å². The number of nitrogens with one attached hydrogen (secondary N) is 1. The Morgan fingerprint density at radius 3 is 2.49 bits per heavy atom. The van der Waals surface area contributed by atoms with E-state index in [2.05, 4.69) is 20.9 Å². The first kappa shape index (κ1) is 25.0.